The van der Waals surface area contributed by atoms with Gasteiger partial charge in [-0.05, 0) is 6.08 Å². The fourth-order valence-corrected chi connectivity index (χ4v) is 0.925. The normalized spacial score (nSPS) is 27.8. The van der Waals surface area contributed by atoms with E-state index in [4.69, 9.17) is 23.2 Å². The Labute approximate surface area is 58.8 Å². The number of alkyl halides is 1. The third kappa shape index (κ3) is 1.53. The van der Waals surface area contributed by atoms with Crippen molar-refractivity contribution in [1.82, 2.24) is 0 Å². The molecule has 0 nitrogen and oxygen atoms in total. The summed E-state index contributed by atoms with van der Waals surface area (Å²) in [7, 11) is 0. The molecule has 2 radical (unpaired) electrons. The van der Waals surface area contributed by atoms with Gasteiger partial charge in [0.15, 0.2) is 0 Å². The number of hydrogen-bond donors (Lipinski definition) is 0. The Bertz CT molecular complexity index is 135. The molecule has 0 aliphatic heterocycles. The third-order valence-corrected chi connectivity index (χ3v) is 1.31. The van der Waals surface area contributed by atoms with E-state index in [1.54, 1.807) is 12.5 Å². The summed E-state index contributed by atoms with van der Waals surface area (Å²) in [5, 5.41) is 0.538. The minimum atomic E-state index is -0.0521. The quantitative estimate of drug-likeness (QED) is 0.461. The zero-order valence-electron chi connectivity index (χ0n) is 4.07. The van der Waals surface area contributed by atoms with Gasteiger partial charge in [-0.25, -0.2) is 0 Å². The molecule has 8 heavy (non-hydrogen) atoms. The van der Waals surface area contributed by atoms with Gasteiger partial charge in [0.2, 0.25) is 0 Å². The minimum absolute atomic E-state index is 0.0521. The Morgan fingerprint density at radius 3 is 2.75 bits per heavy atom. The Balaban J connectivity index is 2.59. The molecule has 0 aromatic rings. The first-order valence-electron chi connectivity index (χ1n) is 2.23. The molecule has 0 N–H and O–H groups in total. The van der Waals surface area contributed by atoms with E-state index < -0.39 is 0 Å². The van der Waals surface area contributed by atoms with E-state index in [1.165, 1.54) is 0 Å². The Hall–Kier alpha value is 0.0600. The van der Waals surface area contributed by atoms with Crippen molar-refractivity contribution < 1.29 is 0 Å². The average molecular weight is 147 g/mol. The number of rotatable bonds is 0. The lowest BCUT2D eigenvalue weighted by atomic mass is 10.2. The smallest absolute Gasteiger partial charge is 0.0603 e. The van der Waals surface area contributed by atoms with Gasteiger partial charge in [-0.1, -0.05) is 23.8 Å². The maximum Gasteiger partial charge on any atom is 0.0603 e. The molecule has 0 spiro atoms. The van der Waals surface area contributed by atoms with E-state index in [0.717, 1.165) is 0 Å². The highest BCUT2D eigenvalue weighted by atomic mass is 35.5. The van der Waals surface area contributed by atoms with Crippen molar-refractivity contribution in [1.29, 1.82) is 0 Å². The molecule has 1 aliphatic rings. The van der Waals surface area contributed by atoms with Gasteiger partial charge in [0, 0.05) is 11.5 Å². The lowest BCUT2D eigenvalue weighted by Crippen LogP contribution is -1.97. The van der Waals surface area contributed by atoms with E-state index in [2.05, 4.69) is 6.08 Å². The van der Waals surface area contributed by atoms with Crippen LogP contribution in [0.3, 0.4) is 0 Å². The number of halogens is 2. The van der Waals surface area contributed by atoms with Crippen molar-refractivity contribution in [2.45, 2.75) is 5.38 Å². The molecule has 0 aromatic heterocycles. The summed E-state index contributed by atoms with van der Waals surface area (Å²) < 4.78 is 0. The van der Waals surface area contributed by atoms with Gasteiger partial charge in [0.25, 0.3) is 0 Å². The molecule has 1 rings (SSSR count). The molecule has 1 aliphatic carbocycles. The first-order chi connectivity index (χ1) is 3.79. The molecular formula is C6H4Cl2. The molecular weight excluding hydrogens is 143 g/mol. The van der Waals surface area contributed by atoms with Crippen molar-refractivity contribution in [2.75, 3.05) is 0 Å². The van der Waals surface area contributed by atoms with Gasteiger partial charge in [-0.3, -0.25) is 0 Å². The largest absolute Gasteiger partial charge is 0.118 e. The van der Waals surface area contributed by atoms with Gasteiger partial charge >= 0.3 is 0 Å². The van der Waals surface area contributed by atoms with Crippen molar-refractivity contribution in [3.05, 3.63) is 29.7 Å². The summed E-state index contributed by atoms with van der Waals surface area (Å²) in [4.78, 5) is 0. The second kappa shape index (κ2) is 2.56. The van der Waals surface area contributed by atoms with Crippen LogP contribution in [0, 0.1) is 12.5 Å². The molecule has 1 atom stereocenters. The highest BCUT2D eigenvalue weighted by Crippen LogP contribution is 2.17. The predicted octanol–water partition coefficient (Wildman–Crippen LogP) is 2.29. The van der Waals surface area contributed by atoms with Crippen LogP contribution in [0.25, 0.3) is 0 Å². The van der Waals surface area contributed by atoms with E-state index in [1.807, 2.05) is 6.08 Å². The van der Waals surface area contributed by atoms with Crippen LogP contribution in [-0.2, 0) is 0 Å². The summed E-state index contributed by atoms with van der Waals surface area (Å²) in [6.45, 7) is 0. The Morgan fingerprint density at radius 2 is 2.38 bits per heavy atom. The van der Waals surface area contributed by atoms with Crippen molar-refractivity contribution >= 4 is 23.2 Å². The van der Waals surface area contributed by atoms with Gasteiger partial charge in [-0.2, -0.15) is 0 Å². The molecule has 0 amide bonds. The van der Waals surface area contributed by atoms with Crippen molar-refractivity contribution in [2.24, 2.45) is 0 Å². The second-order valence-corrected chi connectivity index (χ2v) is 2.37. The Morgan fingerprint density at radius 1 is 1.62 bits per heavy atom. The highest BCUT2D eigenvalue weighted by Gasteiger charge is 2.05. The standard InChI is InChI=1S/C6H4Cl2/c7-5-2-1-3-6(8)4-5/h1-2,4-5H. The van der Waals surface area contributed by atoms with Crippen LogP contribution in [-0.4, -0.2) is 5.38 Å². The minimum Gasteiger partial charge on any atom is -0.118 e. The monoisotopic (exact) mass is 146 g/mol. The van der Waals surface area contributed by atoms with Crippen LogP contribution < -0.4 is 0 Å². The van der Waals surface area contributed by atoms with E-state index in [9.17, 15) is 0 Å². The molecule has 1 unspecified atom stereocenters. The van der Waals surface area contributed by atoms with Crippen LogP contribution >= 0.6 is 23.2 Å². The topological polar surface area (TPSA) is 0 Å². The first kappa shape index (κ1) is 6.18. The van der Waals surface area contributed by atoms with Gasteiger partial charge < -0.3 is 0 Å². The molecule has 0 saturated heterocycles. The van der Waals surface area contributed by atoms with Crippen LogP contribution in [0.2, 0.25) is 0 Å². The number of hydrogen-bond acceptors (Lipinski definition) is 0. The van der Waals surface area contributed by atoms with Gasteiger partial charge in [0.1, 0.15) is 0 Å². The van der Waals surface area contributed by atoms with Crippen LogP contribution in [0.15, 0.2) is 17.2 Å². The zero-order valence-corrected chi connectivity index (χ0v) is 5.58. The van der Waals surface area contributed by atoms with Crippen LogP contribution in [0.5, 0.6) is 0 Å². The van der Waals surface area contributed by atoms with Crippen molar-refractivity contribution in [3.8, 4) is 0 Å². The summed E-state index contributed by atoms with van der Waals surface area (Å²) >= 11 is 11.1. The maximum atomic E-state index is 5.62. The van der Waals surface area contributed by atoms with Crippen molar-refractivity contribution in [3.63, 3.8) is 0 Å². The summed E-state index contributed by atoms with van der Waals surface area (Å²) in [6, 6.07) is 0. The Kier molecular flexibility index (Phi) is 1.98. The fraction of sp³-hybridized carbons (Fsp3) is 0.167. The molecule has 0 saturated carbocycles. The highest BCUT2D eigenvalue weighted by molar-refractivity contribution is 6.32. The molecule has 0 bridgehead atoms. The summed E-state index contributed by atoms with van der Waals surface area (Å²) in [6.07, 6.45) is 8.03. The lowest BCUT2D eigenvalue weighted by Gasteiger charge is -2.03. The summed E-state index contributed by atoms with van der Waals surface area (Å²) in [5.74, 6) is 0. The molecule has 42 valence electrons. The second-order valence-electron chi connectivity index (χ2n) is 1.46. The molecule has 2 heteroatoms. The SMILES string of the molecule is ClC1=[C]C=CC(Cl)[CH]1. The number of allylic oxidation sites excluding steroid dienone is 4. The molecule has 0 fully saturated rings. The van der Waals surface area contributed by atoms with Crippen LogP contribution in [0.4, 0.5) is 0 Å². The fourth-order valence-electron chi connectivity index (χ4n) is 0.463. The first-order valence-corrected chi connectivity index (χ1v) is 3.05. The van der Waals surface area contributed by atoms with E-state index >= 15 is 0 Å². The van der Waals surface area contributed by atoms with Gasteiger partial charge in [-0.15, -0.1) is 11.6 Å². The van der Waals surface area contributed by atoms with Crippen LogP contribution in [0.1, 0.15) is 0 Å². The van der Waals surface area contributed by atoms with Gasteiger partial charge in [0.05, 0.1) is 5.38 Å². The molecule has 0 aromatic carbocycles. The van der Waals surface area contributed by atoms with E-state index in [0.29, 0.717) is 5.03 Å². The lowest BCUT2D eigenvalue weighted by molar-refractivity contribution is 1.24. The average Bonchev–Trinajstić information content (AvgIpc) is 1.64. The van der Waals surface area contributed by atoms with E-state index in [-0.39, 0.29) is 5.38 Å². The molecule has 0 heterocycles. The maximum absolute atomic E-state index is 5.62. The summed E-state index contributed by atoms with van der Waals surface area (Å²) in [5.41, 5.74) is 0. The third-order valence-electron chi connectivity index (χ3n) is 0.807. The zero-order chi connectivity index (χ0) is 5.98. The predicted molar refractivity (Wildman–Crippen MR) is 35.7 cm³/mol.